The van der Waals surface area contributed by atoms with Crippen molar-refractivity contribution in [3.8, 4) is 11.5 Å². The fraction of sp³-hybridized carbons (Fsp3) is 0.538. The van der Waals surface area contributed by atoms with Crippen molar-refractivity contribution in [3.05, 3.63) is 23.8 Å². The smallest absolute Gasteiger partial charge is 0.165 e. The third kappa shape index (κ3) is 2.30. The second kappa shape index (κ2) is 4.34. The molecule has 16 heavy (non-hydrogen) atoms. The van der Waals surface area contributed by atoms with E-state index in [1.807, 2.05) is 12.1 Å². The summed E-state index contributed by atoms with van der Waals surface area (Å²) in [4.78, 5) is 0. The van der Waals surface area contributed by atoms with E-state index in [1.54, 1.807) is 0 Å². The SMILES string of the molecule is CC1(C)Cc2cccc(OCCCN)c2O1. The van der Waals surface area contributed by atoms with Crippen LogP contribution in [0.1, 0.15) is 25.8 Å². The van der Waals surface area contributed by atoms with Crippen LogP contribution in [-0.2, 0) is 6.42 Å². The molecule has 0 fully saturated rings. The molecule has 1 heterocycles. The Kier molecular flexibility index (Phi) is 3.06. The van der Waals surface area contributed by atoms with Crippen molar-refractivity contribution in [2.75, 3.05) is 13.2 Å². The number of hydrogen-bond acceptors (Lipinski definition) is 3. The number of para-hydroxylation sites is 1. The standard InChI is InChI=1S/C13H19NO2/c1-13(2)9-10-5-3-6-11(12(10)16-13)15-8-4-7-14/h3,5-6H,4,7-9,14H2,1-2H3. The van der Waals surface area contributed by atoms with Crippen molar-refractivity contribution >= 4 is 0 Å². The average molecular weight is 221 g/mol. The van der Waals surface area contributed by atoms with Crippen LogP contribution in [0, 0.1) is 0 Å². The molecule has 0 aliphatic carbocycles. The zero-order valence-corrected chi connectivity index (χ0v) is 9.95. The first-order chi connectivity index (χ1) is 7.62. The molecular weight excluding hydrogens is 202 g/mol. The first-order valence-corrected chi connectivity index (χ1v) is 5.76. The second-order valence-corrected chi connectivity index (χ2v) is 4.77. The molecule has 1 aromatic carbocycles. The molecule has 1 aliphatic heterocycles. The molecule has 0 atom stereocenters. The highest BCUT2D eigenvalue weighted by atomic mass is 16.5. The van der Waals surface area contributed by atoms with Gasteiger partial charge in [-0.25, -0.2) is 0 Å². The third-order valence-electron chi connectivity index (χ3n) is 2.66. The normalized spacial score (nSPS) is 16.7. The van der Waals surface area contributed by atoms with E-state index in [-0.39, 0.29) is 5.60 Å². The number of nitrogens with two attached hydrogens (primary N) is 1. The molecule has 0 amide bonds. The van der Waals surface area contributed by atoms with Crippen molar-refractivity contribution in [2.45, 2.75) is 32.3 Å². The van der Waals surface area contributed by atoms with Gasteiger partial charge in [0.25, 0.3) is 0 Å². The minimum atomic E-state index is -0.115. The van der Waals surface area contributed by atoms with Gasteiger partial charge in [-0.2, -0.15) is 0 Å². The number of hydrogen-bond donors (Lipinski definition) is 1. The van der Waals surface area contributed by atoms with E-state index in [2.05, 4.69) is 19.9 Å². The lowest BCUT2D eigenvalue weighted by molar-refractivity contribution is 0.132. The molecule has 88 valence electrons. The molecule has 2 N–H and O–H groups in total. The van der Waals surface area contributed by atoms with Gasteiger partial charge >= 0.3 is 0 Å². The molecule has 0 saturated carbocycles. The first kappa shape index (κ1) is 11.3. The Bertz CT molecular complexity index is 374. The summed E-state index contributed by atoms with van der Waals surface area (Å²) in [5.41, 5.74) is 6.55. The summed E-state index contributed by atoms with van der Waals surface area (Å²) >= 11 is 0. The van der Waals surface area contributed by atoms with E-state index in [4.69, 9.17) is 15.2 Å². The van der Waals surface area contributed by atoms with Crippen LogP contribution in [0.2, 0.25) is 0 Å². The Morgan fingerprint density at radius 1 is 1.44 bits per heavy atom. The van der Waals surface area contributed by atoms with Gasteiger partial charge in [-0.05, 0) is 32.9 Å². The van der Waals surface area contributed by atoms with Crippen molar-refractivity contribution in [1.29, 1.82) is 0 Å². The molecule has 3 heteroatoms. The van der Waals surface area contributed by atoms with Crippen LogP contribution in [0.3, 0.4) is 0 Å². The molecule has 0 radical (unpaired) electrons. The van der Waals surface area contributed by atoms with Crippen LogP contribution in [-0.4, -0.2) is 18.8 Å². The number of benzene rings is 1. The summed E-state index contributed by atoms with van der Waals surface area (Å²) in [6.45, 7) is 5.49. The molecular formula is C13H19NO2. The molecule has 0 spiro atoms. The Balaban J connectivity index is 2.14. The molecule has 0 saturated heterocycles. The Morgan fingerprint density at radius 3 is 3.00 bits per heavy atom. The minimum Gasteiger partial charge on any atom is -0.490 e. The highest BCUT2D eigenvalue weighted by molar-refractivity contribution is 5.50. The van der Waals surface area contributed by atoms with Gasteiger partial charge in [-0.15, -0.1) is 0 Å². The largest absolute Gasteiger partial charge is 0.490 e. The van der Waals surface area contributed by atoms with Gasteiger partial charge in [0.1, 0.15) is 5.60 Å². The van der Waals surface area contributed by atoms with Crippen LogP contribution < -0.4 is 15.2 Å². The van der Waals surface area contributed by atoms with Gasteiger partial charge in [0.2, 0.25) is 0 Å². The average Bonchev–Trinajstić information content (AvgIpc) is 2.53. The topological polar surface area (TPSA) is 44.5 Å². The summed E-state index contributed by atoms with van der Waals surface area (Å²) in [7, 11) is 0. The van der Waals surface area contributed by atoms with Crippen LogP contribution >= 0.6 is 0 Å². The van der Waals surface area contributed by atoms with Gasteiger partial charge < -0.3 is 15.2 Å². The highest BCUT2D eigenvalue weighted by Gasteiger charge is 2.32. The first-order valence-electron chi connectivity index (χ1n) is 5.76. The molecule has 0 unspecified atom stereocenters. The third-order valence-corrected chi connectivity index (χ3v) is 2.66. The van der Waals surface area contributed by atoms with E-state index in [0.29, 0.717) is 13.2 Å². The molecule has 0 aromatic heterocycles. The van der Waals surface area contributed by atoms with Gasteiger partial charge in [-0.1, -0.05) is 12.1 Å². The Hall–Kier alpha value is -1.22. The lowest BCUT2D eigenvalue weighted by Crippen LogP contribution is -2.24. The quantitative estimate of drug-likeness (QED) is 0.792. The monoisotopic (exact) mass is 221 g/mol. The maximum absolute atomic E-state index is 5.90. The van der Waals surface area contributed by atoms with E-state index < -0.39 is 0 Å². The van der Waals surface area contributed by atoms with Gasteiger partial charge in [0, 0.05) is 12.0 Å². The van der Waals surface area contributed by atoms with Crippen LogP contribution in [0.25, 0.3) is 0 Å². The summed E-state index contributed by atoms with van der Waals surface area (Å²) in [6.07, 6.45) is 1.81. The maximum atomic E-state index is 5.90. The Morgan fingerprint density at radius 2 is 2.25 bits per heavy atom. The molecule has 1 aromatic rings. The second-order valence-electron chi connectivity index (χ2n) is 4.77. The van der Waals surface area contributed by atoms with Gasteiger partial charge in [-0.3, -0.25) is 0 Å². The summed E-state index contributed by atoms with van der Waals surface area (Å²) in [6, 6.07) is 6.07. The van der Waals surface area contributed by atoms with E-state index in [0.717, 1.165) is 24.3 Å². The Labute approximate surface area is 96.5 Å². The summed E-state index contributed by atoms with van der Waals surface area (Å²) < 4.78 is 11.6. The predicted octanol–water partition coefficient (Wildman–Crippen LogP) is 2.13. The van der Waals surface area contributed by atoms with E-state index in [1.165, 1.54) is 5.56 Å². The molecule has 1 aliphatic rings. The van der Waals surface area contributed by atoms with Crippen LogP contribution in [0.15, 0.2) is 18.2 Å². The van der Waals surface area contributed by atoms with Crippen LogP contribution in [0.4, 0.5) is 0 Å². The fourth-order valence-electron chi connectivity index (χ4n) is 1.97. The highest BCUT2D eigenvalue weighted by Crippen LogP contribution is 2.41. The van der Waals surface area contributed by atoms with Gasteiger partial charge in [0.15, 0.2) is 11.5 Å². The lowest BCUT2D eigenvalue weighted by Gasteiger charge is -2.18. The zero-order valence-electron chi connectivity index (χ0n) is 9.95. The van der Waals surface area contributed by atoms with Crippen molar-refractivity contribution < 1.29 is 9.47 Å². The maximum Gasteiger partial charge on any atom is 0.165 e. The van der Waals surface area contributed by atoms with Crippen molar-refractivity contribution in [3.63, 3.8) is 0 Å². The number of fused-ring (bicyclic) bond motifs is 1. The van der Waals surface area contributed by atoms with Crippen molar-refractivity contribution in [1.82, 2.24) is 0 Å². The van der Waals surface area contributed by atoms with E-state index in [9.17, 15) is 0 Å². The predicted molar refractivity (Wildman–Crippen MR) is 64.0 cm³/mol. The summed E-state index contributed by atoms with van der Waals surface area (Å²) in [5.74, 6) is 1.75. The number of rotatable bonds is 4. The molecule has 0 bridgehead atoms. The molecule has 3 nitrogen and oxygen atoms in total. The van der Waals surface area contributed by atoms with Crippen LogP contribution in [0.5, 0.6) is 11.5 Å². The van der Waals surface area contributed by atoms with E-state index >= 15 is 0 Å². The fourth-order valence-corrected chi connectivity index (χ4v) is 1.97. The molecule has 2 rings (SSSR count). The summed E-state index contributed by atoms with van der Waals surface area (Å²) in [5, 5.41) is 0. The van der Waals surface area contributed by atoms with Gasteiger partial charge in [0.05, 0.1) is 6.61 Å². The number of ether oxygens (including phenoxy) is 2. The zero-order chi connectivity index (χ0) is 11.6. The van der Waals surface area contributed by atoms with Crippen molar-refractivity contribution in [2.24, 2.45) is 5.73 Å². The lowest BCUT2D eigenvalue weighted by atomic mass is 10.0. The minimum absolute atomic E-state index is 0.115.